The summed E-state index contributed by atoms with van der Waals surface area (Å²) in [7, 11) is 1.53. The van der Waals surface area contributed by atoms with Crippen LogP contribution in [0.2, 0.25) is 5.02 Å². The Labute approximate surface area is 192 Å². The van der Waals surface area contributed by atoms with Crippen molar-refractivity contribution in [2.75, 3.05) is 19.6 Å². The van der Waals surface area contributed by atoms with Gasteiger partial charge in [-0.15, -0.1) is 0 Å². The van der Waals surface area contributed by atoms with E-state index in [1.54, 1.807) is 23.9 Å². The summed E-state index contributed by atoms with van der Waals surface area (Å²) < 4.78 is 18.1. The first-order valence-corrected chi connectivity index (χ1v) is 11.3. The summed E-state index contributed by atoms with van der Waals surface area (Å²) in [6.07, 6.45) is 1.54. The largest absolute Gasteiger partial charge is 0.448 e. The molecule has 0 aliphatic carbocycles. The number of para-hydroxylation sites is 1. The van der Waals surface area contributed by atoms with Gasteiger partial charge >= 0.3 is 0 Å². The number of ether oxygens (including phenoxy) is 1. The molecule has 8 nitrogen and oxygen atoms in total. The number of halogens is 1. The second kappa shape index (κ2) is 16.3. The van der Waals surface area contributed by atoms with E-state index in [9.17, 15) is 0 Å². The van der Waals surface area contributed by atoms with Gasteiger partial charge in [0.05, 0.1) is 23.4 Å². The number of aromatic nitrogens is 1. The first kappa shape index (κ1) is 29.6. The number of nitrogens with zero attached hydrogens (tertiary/aromatic N) is 1. The molecule has 1 aromatic carbocycles. The zero-order valence-corrected chi connectivity index (χ0v) is 20.7. The molecular formula is C21H37ClN3O5P. The van der Waals surface area contributed by atoms with E-state index in [0.29, 0.717) is 23.9 Å². The third kappa shape index (κ3) is 13.6. The maximum atomic E-state index is 8.08. The molecule has 0 spiro atoms. The Balaban J connectivity index is 0.00000113. The predicted octanol–water partition coefficient (Wildman–Crippen LogP) is 3.60. The van der Waals surface area contributed by atoms with Gasteiger partial charge in [-0.05, 0) is 51.0 Å². The summed E-state index contributed by atoms with van der Waals surface area (Å²) in [6, 6.07) is 11.2. The van der Waals surface area contributed by atoms with Crippen molar-refractivity contribution in [1.82, 2.24) is 4.68 Å². The van der Waals surface area contributed by atoms with Gasteiger partial charge in [0.15, 0.2) is 5.79 Å². The molecule has 0 bridgehead atoms. The minimum Gasteiger partial charge on any atom is -0.448 e. The summed E-state index contributed by atoms with van der Waals surface area (Å²) in [5.41, 5.74) is 7.55. The van der Waals surface area contributed by atoms with Crippen LogP contribution in [0.4, 0.5) is 0 Å². The summed E-state index contributed by atoms with van der Waals surface area (Å²) in [6.45, 7) is 7.46. The average Bonchev–Trinajstić information content (AvgIpc) is 3.08. The molecule has 1 aromatic heterocycles. The van der Waals surface area contributed by atoms with Crippen molar-refractivity contribution in [2.24, 2.45) is 5.73 Å². The zero-order chi connectivity index (χ0) is 23.9. The summed E-state index contributed by atoms with van der Waals surface area (Å²) in [5.74, 6) is 5.09. The molecule has 0 amide bonds. The smallest absolute Gasteiger partial charge is 0.215 e. The van der Waals surface area contributed by atoms with Crippen molar-refractivity contribution in [3.8, 4) is 5.75 Å². The van der Waals surface area contributed by atoms with Crippen molar-refractivity contribution in [1.29, 1.82) is 0 Å². The molecule has 1 heterocycles. The molecule has 0 radical (unpaired) electrons. The number of methoxy groups -OCH3 is 1. The van der Waals surface area contributed by atoms with Gasteiger partial charge in [0, 0.05) is 19.3 Å². The first-order valence-electron chi connectivity index (χ1n) is 10.1. The fourth-order valence-electron chi connectivity index (χ4n) is 2.21. The van der Waals surface area contributed by atoms with Crippen molar-refractivity contribution >= 4 is 20.6 Å². The van der Waals surface area contributed by atoms with Crippen molar-refractivity contribution < 1.29 is 24.0 Å². The normalized spacial score (nSPS) is 12.0. The lowest BCUT2D eigenvalue weighted by atomic mass is 10.1. The van der Waals surface area contributed by atoms with E-state index in [4.69, 9.17) is 47.2 Å². The number of nitrogen functional groups attached to an aromatic ring is 1. The molecular weight excluding hydrogens is 441 g/mol. The lowest BCUT2D eigenvalue weighted by Gasteiger charge is -2.16. The fraction of sp³-hybridized carbons (Fsp3) is 0.524. The Bertz CT molecular complexity index is 719. The number of hydrogen-bond donors (Lipinski definition) is 4. The predicted molar refractivity (Wildman–Crippen MR) is 128 cm³/mol. The van der Waals surface area contributed by atoms with Crippen LogP contribution in [-0.4, -0.2) is 40.5 Å². The molecule has 2 unspecified atom stereocenters. The topological polar surface area (TPSA) is 125 Å². The quantitative estimate of drug-likeness (QED) is 0.178. The Hall–Kier alpha value is -1.38. The van der Waals surface area contributed by atoms with E-state index in [2.05, 4.69) is 0 Å². The number of aryl methyl sites for hydroxylation is 1. The third-order valence-electron chi connectivity index (χ3n) is 3.67. The second-order valence-corrected chi connectivity index (χ2v) is 7.77. The second-order valence-electron chi connectivity index (χ2n) is 6.71. The summed E-state index contributed by atoms with van der Waals surface area (Å²) in [5, 5.41) is 16.7. The fourth-order valence-corrected chi connectivity index (χ4v) is 3.03. The van der Waals surface area contributed by atoms with Crippen LogP contribution in [0.15, 0.2) is 36.4 Å². The number of hydrogen-bond acceptors (Lipinski definition) is 7. The van der Waals surface area contributed by atoms with Gasteiger partial charge < -0.3 is 35.6 Å². The molecule has 2 atom stereocenters. The molecule has 31 heavy (non-hydrogen) atoms. The number of rotatable bonds is 10. The van der Waals surface area contributed by atoms with Crippen LogP contribution in [0.25, 0.3) is 0 Å². The number of nitrogens with two attached hydrogens (primary N) is 2. The number of aliphatic hydroxyl groups is 2. The van der Waals surface area contributed by atoms with E-state index >= 15 is 0 Å². The van der Waals surface area contributed by atoms with E-state index < -0.39 is 5.79 Å². The van der Waals surface area contributed by atoms with E-state index in [1.807, 2.05) is 38.1 Å². The van der Waals surface area contributed by atoms with Crippen LogP contribution in [-0.2, 0) is 22.2 Å². The summed E-state index contributed by atoms with van der Waals surface area (Å²) in [4.78, 5) is 0. The minimum atomic E-state index is -1.50. The standard InChI is InChI=1S/C16H23ClN3O3P.C3H8O2.C2H6/c1-21-14(9-8-12-6-7-13(10-18)20(12)19)11-22-24-23-16-5-3-2-4-15(16)17;1-3(2,4)5;1-2/h2-7,14,24H,8-11,18-19H2,1H3;4-5H,1-2H3;1-2H3. The highest BCUT2D eigenvalue weighted by molar-refractivity contribution is 7.26. The first-order chi connectivity index (χ1) is 14.7. The average molecular weight is 478 g/mol. The maximum Gasteiger partial charge on any atom is 0.215 e. The molecule has 6 N–H and O–H groups in total. The molecule has 0 saturated heterocycles. The van der Waals surface area contributed by atoms with E-state index in [0.717, 1.165) is 24.2 Å². The van der Waals surface area contributed by atoms with Crippen LogP contribution in [0.1, 0.15) is 45.5 Å². The highest BCUT2D eigenvalue weighted by Crippen LogP contribution is 2.29. The van der Waals surface area contributed by atoms with E-state index in [-0.39, 0.29) is 15.1 Å². The Morgan fingerprint density at radius 1 is 1.13 bits per heavy atom. The van der Waals surface area contributed by atoms with Gasteiger partial charge in [-0.1, -0.05) is 37.6 Å². The van der Waals surface area contributed by atoms with Gasteiger partial charge in [0.25, 0.3) is 0 Å². The van der Waals surface area contributed by atoms with Gasteiger partial charge in [-0.3, -0.25) is 4.68 Å². The van der Waals surface area contributed by atoms with Crippen molar-refractivity contribution in [3.05, 3.63) is 52.8 Å². The van der Waals surface area contributed by atoms with Crippen LogP contribution < -0.4 is 16.1 Å². The highest BCUT2D eigenvalue weighted by atomic mass is 35.5. The number of benzene rings is 1. The lowest BCUT2D eigenvalue weighted by molar-refractivity contribution is -0.127. The molecule has 178 valence electrons. The van der Waals surface area contributed by atoms with Crippen LogP contribution in [0.5, 0.6) is 5.75 Å². The molecule has 10 heteroatoms. The monoisotopic (exact) mass is 477 g/mol. The molecule has 2 aromatic rings. The molecule has 0 saturated carbocycles. The molecule has 2 rings (SSSR count). The maximum absolute atomic E-state index is 8.08. The molecule has 0 aliphatic heterocycles. The third-order valence-corrected chi connectivity index (χ3v) is 4.57. The molecule has 0 aliphatic rings. The Morgan fingerprint density at radius 3 is 2.23 bits per heavy atom. The summed E-state index contributed by atoms with van der Waals surface area (Å²) >= 11 is 6.02. The van der Waals surface area contributed by atoms with Gasteiger partial charge in [-0.25, -0.2) is 0 Å². The van der Waals surface area contributed by atoms with Crippen LogP contribution >= 0.6 is 20.6 Å². The van der Waals surface area contributed by atoms with Gasteiger partial charge in [0.2, 0.25) is 9.03 Å². The van der Waals surface area contributed by atoms with E-state index in [1.165, 1.54) is 13.8 Å². The zero-order valence-electron chi connectivity index (χ0n) is 19.0. The highest BCUT2D eigenvalue weighted by Gasteiger charge is 2.11. The van der Waals surface area contributed by atoms with Crippen LogP contribution in [0, 0.1) is 0 Å². The van der Waals surface area contributed by atoms with Crippen LogP contribution in [0.3, 0.4) is 0 Å². The van der Waals surface area contributed by atoms with Gasteiger partial charge in [-0.2, -0.15) is 0 Å². The Morgan fingerprint density at radius 2 is 1.71 bits per heavy atom. The minimum absolute atomic E-state index is 0.0384. The Kier molecular flexibility index (Phi) is 15.6. The van der Waals surface area contributed by atoms with Gasteiger partial charge in [0.1, 0.15) is 5.75 Å². The molecule has 0 fully saturated rings. The van der Waals surface area contributed by atoms with Crippen molar-refractivity contribution in [3.63, 3.8) is 0 Å². The van der Waals surface area contributed by atoms with Crippen molar-refractivity contribution in [2.45, 2.75) is 59.0 Å². The SMILES string of the molecule is CC.CC(C)(O)O.COC(CCc1ccc(CN)n1N)COPOc1ccccc1Cl. The lowest BCUT2D eigenvalue weighted by Crippen LogP contribution is -2.21.